The van der Waals surface area contributed by atoms with Gasteiger partial charge in [0.05, 0.1) is 29.7 Å². The molecular formula is C21H19BrF4N2O. The number of aromatic amines is 1. The van der Waals surface area contributed by atoms with Crippen LogP contribution in [0.2, 0.25) is 0 Å². The molecule has 1 aromatic heterocycles. The van der Waals surface area contributed by atoms with Crippen LogP contribution < -0.4 is 4.74 Å². The van der Waals surface area contributed by atoms with Crippen LogP contribution in [0.5, 0.6) is 5.75 Å². The van der Waals surface area contributed by atoms with E-state index in [2.05, 4.69) is 20.9 Å². The summed E-state index contributed by atoms with van der Waals surface area (Å²) in [4.78, 5) is 4.55. The normalized spacial score (nSPS) is 20.1. The Morgan fingerprint density at radius 1 is 1.21 bits per heavy atom. The number of nitrogens with zero attached hydrogens (tertiary/aromatic N) is 1. The molecule has 0 saturated carbocycles. The molecule has 3 aromatic rings. The molecule has 2 atom stereocenters. The minimum atomic E-state index is -4.42. The van der Waals surface area contributed by atoms with Crippen LogP contribution in [0, 0.1) is 5.82 Å². The lowest BCUT2D eigenvalue weighted by Crippen LogP contribution is -2.47. The minimum Gasteiger partial charge on any atom is -0.496 e. The Bertz CT molecular complexity index is 1060. The van der Waals surface area contributed by atoms with Crippen LogP contribution in [0.3, 0.4) is 0 Å². The van der Waals surface area contributed by atoms with Crippen molar-refractivity contribution < 1.29 is 22.3 Å². The average Bonchev–Trinajstić information content (AvgIpc) is 3.02. The minimum absolute atomic E-state index is 0.0884. The molecule has 0 fully saturated rings. The summed E-state index contributed by atoms with van der Waals surface area (Å²) in [5.74, 6) is -0.415. The first-order valence-corrected chi connectivity index (χ1v) is 9.94. The smallest absolute Gasteiger partial charge is 0.401 e. The van der Waals surface area contributed by atoms with E-state index in [9.17, 15) is 13.2 Å². The number of nitrogens with one attached hydrogen (secondary N) is 1. The SMILES string of the molecule is COc1ccc(Br)c(F)c1[C@@H]1c2[nH]c3ccccc3c2C[C@@H](C)N1CC(F)(F)F. The summed E-state index contributed by atoms with van der Waals surface area (Å²) >= 11 is 3.17. The summed E-state index contributed by atoms with van der Waals surface area (Å²) < 4.78 is 61.2. The third kappa shape index (κ3) is 3.53. The van der Waals surface area contributed by atoms with Crippen molar-refractivity contribution in [1.82, 2.24) is 9.88 Å². The quantitative estimate of drug-likeness (QED) is 0.477. The van der Waals surface area contributed by atoms with E-state index in [1.807, 2.05) is 24.3 Å². The van der Waals surface area contributed by atoms with Gasteiger partial charge in [-0.05, 0) is 53.0 Å². The molecule has 3 nitrogen and oxygen atoms in total. The standard InChI is InChI=1S/C21H19BrF4N2O/c1-11-9-13-12-5-3-4-6-15(12)27-19(13)20(28(11)10-21(24,25)26)17-16(29-2)8-7-14(22)18(17)23/h3-8,11,20,27H,9-10H2,1-2H3/t11-,20-/m1/s1. The number of H-pyrrole nitrogens is 1. The van der Waals surface area contributed by atoms with Gasteiger partial charge in [0.25, 0.3) is 0 Å². The second-order valence-corrected chi connectivity index (χ2v) is 8.14. The number of hydrogen-bond acceptors (Lipinski definition) is 2. The van der Waals surface area contributed by atoms with Crippen molar-refractivity contribution in [2.24, 2.45) is 0 Å². The Hall–Kier alpha value is -2.06. The lowest BCUT2D eigenvalue weighted by atomic mass is 9.88. The van der Waals surface area contributed by atoms with E-state index in [0.717, 1.165) is 16.5 Å². The molecule has 0 saturated heterocycles. The largest absolute Gasteiger partial charge is 0.496 e. The molecule has 1 N–H and O–H groups in total. The van der Waals surface area contributed by atoms with E-state index >= 15 is 4.39 Å². The summed E-state index contributed by atoms with van der Waals surface area (Å²) in [5.41, 5.74) is 2.39. The highest BCUT2D eigenvalue weighted by Crippen LogP contribution is 2.46. The second-order valence-electron chi connectivity index (χ2n) is 7.28. The highest BCUT2D eigenvalue weighted by atomic mass is 79.9. The molecule has 0 aliphatic carbocycles. The van der Waals surface area contributed by atoms with Crippen LogP contribution in [0.4, 0.5) is 17.6 Å². The molecule has 4 rings (SSSR count). The van der Waals surface area contributed by atoms with E-state index in [4.69, 9.17) is 4.74 Å². The van der Waals surface area contributed by atoms with Gasteiger partial charge in [-0.3, -0.25) is 4.90 Å². The highest BCUT2D eigenvalue weighted by molar-refractivity contribution is 9.10. The average molecular weight is 471 g/mol. The zero-order valence-corrected chi connectivity index (χ0v) is 17.4. The van der Waals surface area contributed by atoms with Gasteiger partial charge in [-0.25, -0.2) is 4.39 Å². The van der Waals surface area contributed by atoms with Gasteiger partial charge in [-0.15, -0.1) is 0 Å². The number of halogens is 5. The zero-order valence-electron chi connectivity index (χ0n) is 15.8. The van der Waals surface area contributed by atoms with E-state index in [1.54, 1.807) is 13.0 Å². The van der Waals surface area contributed by atoms with Crippen LogP contribution >= 0.6 is 15.9 Å². The van der Waals surface area contributed by atoms with Crippen LogP contribution in [0.1, 0.15) is 29.8 Å². The summed E-state index contributed by atoms with van der Waals surface area (Å²) in [7, 11) is 1.39. The molecule has 2 heterocycles. The van der Waals surface area contributed by atoms with Crippen LogP contribution in [0.15, 0.2) is 40.9 Å². The Morgan fingerprint density at radius 2 is 1.93 bits per heavy atom. The summed E-state index contributed by atoms with van der Waals surface area (Å²) in [6, 6.07) is 9.20. The number of aromatic nitrogens is 1. The number of fused-ring (bicyclic) bond motifs is 3. The third-order valence-corrected chi connectivity index (χ3v) is 6.08. The van der Waals surface area contributed by atoms with Gasteiger partial charge in [-0.2, -0.15) is 13.2 Å². The Morgan fingerprint density at radius 3 is 2.62 bits per heavy atom. The van der Waals surface area contributed by atoms with Crippen molar-refractivity contribution in [1.29, 1.82) is 0 Å². The molecule has 0 bridgehead atoms. The van der Waals surface area contributed by atoms with Gasteiger partial charge >= 0.3 is 6.18 Å². The second kappa shape index (κ2) is 7.32. The number of para-hydroxylation sites is 1. The number of hydrogen-bond donors (Lipinski definition) is 1. The maximum atomic E-state index is 15.3. The predicted molar refractivity (Wildman–Crippen MR) is 107 cm³/mol. The van der Waals surface area contributed by atoms with E-state index in [1.165, 1.54) is 18.1 Å². The number of rotatable bonds is 3. The molecule has 29 heavy (non-hydrogen) atoms. The first-order chi connectivity index (χ1) is 13.7. The molecule has 0 unspecified atom stereocenters. The molecule has 1 aliphatic heterocycles. The number of benzene rings is 2. The van der Waals surface area contributed by atoms with Gasteiger partial charge in [0.2, 0.25) is 0 Å². The van der Waals surface area contributed by atoms with Gasteiger partial charge < -0.3 is 9.72 Å². The fraction of sp³-hybridized carbons (Fsp3) is 0.333. The fourth-order valence-corrected chi connectivity index (χ4v) is 4.60. The topological polar surface area (TPSA) is 28.3 Å². The third-order valence-electron chi connectivity index (χ3n) is 5.47. The van der Waals surface area contributed by atoms with Crippen molar-refractivity contribution in [2.75, 3.05) is 13.7 Å². The van der Waals surface area contributed by atoms with E-state index < -0.39 is 30.6 Å². The summed E-state index contributed by atoms with van der Waals surface area (Å²) in [6.07, 6.45) is -3.99. The number of alkyl halides is 3. The lowest BCUT2D eigenvalue weighted by molar-refractivity contribution is -0.155. The van der Waals surface area contributed by atoms with Crippen molar-refractivity contribution in [3.8, 4) is 5.75 Å². The zero-order chi connectivity index (χ0) is 20.9. The maximum Gasteiger partial charge on any atom is 0.401 e. The summed E-state index contributed by atoms with van der Waals surface area (Å²) in [5, 5.41) is 0.945. The monoisotopic (exact) mass is 470 g/mol. The Kier molecular flexibility index (Phi) is 5.11. The predicted octanol–water partition coefficient (Wildman–Crippen LogP) is 5.98. The van der Waals surface area contributed by atoms with Crippen molar-refractivity contribution in [3.63, 3.8) is 0 Å². The molecule has 8 heteroatoms. The lowest BCUT2D eigenvalue weighted by Gasteiger charge is -2.41. The van der Waals surface area contributed by atoms with Gasteiger partial charge in [0, 0.05) is 22.6 Å². The van der Waals surface area contributed by atoms with Crippen LogP contribution in [-0.2, 0) is 6.42 Å². The van der Waals surface area contributed by atoms with Gasteiger partial charge in [0.15, 0.2) is 0 Å². The Balaban J connectivity index is 2.01. The first kappa shape index (κ1) is 20.2. The highest BCUT2D eigenvalue weighted by Gasteiger charge is 2.44. The van der Waals surface area contributed by atoms with Crippen LogP contribution in [0.25, 0.3) is 10.9 Å². The van der Waals surface area contributed by atoms with Crippen molar-refractivity contribution >= 4 is 26.8 Å². The van der Waals surface area contributed by atoms with Gasteiger partial charge in [-0.1, -0.05) is 18.2 Å². The molecule has 2 aromatic carbocycles. The summed E-state index contributed by atoms with van der Waals surface area (Å²) in [6.45, 7) is 0.592. The van der Waals surface area contributed by atoms with Crippen LogP contribution in [-0.4, -0.2) is 35.8 Å². The molecule has 0 amide bonds. The van der Waals surface area contributed by atoms with Crippen molar-refractivity contribution in [3.05, 3.63) is 63.5 Å². The van der Waals surface area contributed by atoms with E-state index in [-0.39, 0.29) is 15.8 Å². The maximum absolute atomic E-state index is 15.3. The molecule has 1 aliphatic rings. The molecule has 154 valence electrons. The van der Waals surface area contributed by atoms with Gasteiger partial charge in [0.1, 0.15) is 11.6 Å². The fourth-order valence-electron chi connectivity index (χ4n) is 4.25. The Labute approximate surface area is 173 Å². The van der Waals surface area contributed by atoms with Crippen molar-refractivity contribution in [2.45, 2.75) is 31.6 Å². The first-order valence-electron chi connectivity index (χ1n) is 9.15. The van der Waals surface area contributed by atoms with E-state index in [0.29, 0.717) is 12.1 Å². The molecular weight excluding hydrogens is 452 g/mol. The number of ether oxygens (including phenoxy) is 1. The molecule has 0 spiro atoms. The number of methoxy groups -OCH3 is 1. The molecule has 0 radical (unpaired) electrons.